The van der Waals surface area contributed by atoms with Crippen LogP contribution in [0, 0.1) is 0 Å². The number of aliphatic hydroxyl groups excluding tert-OH is 5. The minimum atomic E-state index is -3.00. The fourth-order valence-corrected chi connectivity index (χ4v) is 21.5. The first-order valence-electron chi connectivity index (χ1n) is 34.2. The molecule has 2 saturated heterocycles. The number of nitrogens with zero attached hydrogens (tertiary/aromatic N) is 9. The van der Waals surface area contributed by atoms with Gasteiger partial charge in [0.2, 0.25) is 0 Å². The van der Waals surface area contributed by atoms with Gasteiger partial charge in [0, 0.05) is 90.4 Å². The summed E-state index contributed by atoms with van der Waals surface area (Å²) in [4.78, 5) is 35.4. The Hall–Kier alpha value is -5.16. The fourth-order valence-electron chi connectivity index (χ4n) is 11.3. The van der Waals surface area contributed by atoms with E-state index in [9.17, 15) is 23.1 Å². The predicted octanol–water partition coefficient (Wildman–Crippen LogP) is 11.9. The zero-order valence-electron chi connectivity index (χ0n) is 63.5. The van der Waals surface area contributed by atoms with E-state index in [-0.39, 0.29) is 69.6 Å². The van der Waals surface area contributed by atoms with E-state index in [0.29, 0.717) is 64.7 Å². The molecule has 0 radical (unpaired) electrons. The van der Waals surface area contributed by atoms with E-state index in [1.807, 2.05) is 142 Å². The van der Waals surface area contributed by atoms with E-state index >= 15 is 0 Å². The Kier molecular flexibility index (Phi) is 46.5. The van der Waals surface area contributed by atoms with Crippen molar-refractivity contribution < 1.29 is 83.6 Å². The van der Waals surface area contributed by atoms with Gasteiger partial charge in [-0.2, -0.15) is 4.40 Å². The molecular weight excluding hydrogens is 1380 g/mol. The Morgan fingerprint density at radius 3 is 1.11 bits per heavy atom. The Bertz CT molecular complexity index is 3000. The van der Waals surface area contributed by atoms with E-state index in [2.05, 4.69) is 115 Å². The minimum Gasteiger partial charge on any atom is -0.438 e. The van der Waals surface area contributed by atoms with Gasteiger partial charge in [-0.05, 0) is 163 Å². The second-order valence-electron chi connectivity index (χ2n) is 27.6. The summed E-state index contributed by atoms with van der Waals surface area (Å²) in [6, 6.07) is 40.3. The van der Waals surface area contributed by atoms with Gasteiger partial charge in [0.15, 0.2) is 11.2 Å². The van der Waals surface area contributed by atoms with Crippen molar-refractivity contribution in [3.8, 4) is 0 Å². The number of nitrogens with two attached hydrogens (primary N) is 1. The van der Waals surface area contributed by atoms with Crippen LogP contribution in [-0.4, -0.2) is 183 Å². The molecule has 2 aliphatic rings. The van der Waals surface area contributed by atoms with Crippen LogP contribution >= 0.6 is 0 Å². The molecule has 0 bridgehead atoms. The molecule has 2 fully saturated rings. The molecule has 8 atom stereocenters. The minimum absolute atomic E-state index is 0. The fraction of sp³-hybridized carbons (Fsp3) is 0.625. The first kappa shape index (κ1) is 96.9. The first-order chi connectivity index (χ1) is 46.5. The van der Waals surface area contributed by atoms with Gasteiger partial charge in [-0.1, -0.05) is 187 Å². The van der Waals surface area contributed by atoms with Gasteiger partial charge >= 0.3 is 12.2 Å². The number of aliphatic hydroxyl groups is 5. The molecule has 0 saturated carbocycles. The van der Waals surface area contributed by atoms with Crippen LogP contribution in [0.25, 0.3) is 20.9 Å². The zero-order valence-corrected chi connectivity index (χ0v) is 68.7. The van der Waals surface area contributed by atoms with Crippen molar-refractivity contribution in [1.82, 2.24) is 9.80 Å². The van der Waals surface area contributed by atoms with Gasteiger partial charge in [-0.3, -0.25) is 14.9 Å². The third-order valence-electron chi connectivity index (χ3n) is 16.1. The number of azide groups is 2. The molecule has 4 aromatic rings. The molecule has 562 valence electrons. The van der Waals surface area contributed by atoms with Crippen LogP contribution in [0.1, 0.15) is 177 Å². The second kappa shape index (κ2) is 48.0. The second-order valence-corrected chi connectivity index (χ2v) is 39.9. The normalized spacial score (nSPS) is 18.6. The number of rotatable bonds is 25. The van der Waals surface area contributed by atoms with Crippen molar-refractivity contribution in [3.63, 3.8) is 0 Å². The van der Waals surface area contributed by atoms with E-state index in [0.717, 1.165) is 20.7 Å². The SMILES string of the molecule is CC(C)(C)[S@@](N)=O.CCO.CCO.CCO.CCO.CC[C@@H](O[Si](c1ccccc1)(c1ccccc1)C(C)(C)C)[C@@]1(C)OC(=O)N(CCCCN=[N+]=[N-])[C@@H]1C=N[S@@](=O)C(C)(C)C.CC[C@@H](O[Si](c1ccccc1)(c1ccccc1)C(C)(C)C)[C@@]1(C)OC(=O)N(CCCCN=[N+]=[N-])[C@@H]1CO.[Ti]. The van der Waals surface area contributed by atoms with Crippen LogP contribution in [-0.2, 0) is 62.0 Å². The van der Waals surface area contributed by atoms with Gasteiger partial charge in [0.1, 0.15) is 23.1 Å². The Morgan fingerprint density at radius 2 is 0.840 bits per heavy atom. The molecule has 4 aromatic carbocycles. The topological polar surface area (TPSA) is 349 Å². The summed E-state index contributed by atoms with van der Waals surface area (Å²) < 4.78 is 54.2. The van der Waals surface area contributed by atoms with E-state index in [1.54, 1.807) is 43.7 Å². The Morgan fingerprint density at radius 1 is 0.550 bits per heavy atom. The maximum absolute atomic E-state index is 13.5. The average Bonchev–Trinajstić information content (AvgIpc) is 1.23. The standard InChI is InChI=1S/C32H47N5O4SSi.C28H40N4O4Si.C4H11NOS.4C2H6O.Ti/c1-9-28(41-43(31(5,6)7,25-18-12-10-13-19-25)26-20-14-11-15-21-26)32(8)27(24-35-42(39)30(2,3)4)37(29(38)40-32)23-17-16-22-34-36-33;1-6-25(28(5)24(21-33)32(26(34)35-28)20-14-13-19-30-31-29)36-37(27(2,3)4,22-15-9-7-10-16-22)23-17-11-8-12-18-23;1-4(2,3)7(5)6;4*1-2-3;/h10-15,18-21,24,27-28H,9,16-17,22-23H2,1-8H3;7-12,15-18,24-25,33H,6,13-14,19-21H2,1-5H3;5H2,1-3H3;4*3H,2H2,1H3;/t27-,28-,32+,42+;24-,25-,28+;7-;;;;;/m110...../s1. The van der Waals surface area contributed by atoms with Crippen LogP contribution in [0.15, 0.2) is 136 Å². The molecule has 0 unspecified atom stereocenters. The number of hydrogen-bond acceptors (Lipinski definition) is 15. The van der Waals surface area contributed by atoms with Gasteiger partial charge in [-0.25, -0.2) is 18.0 Å². The molecule has 28 heteroatoms. The van der Waals surface area contributed by atoms with Crippen molar-refractivity contribution in [3.05, 3.63) is 142 Å². The maximum Gasteiger partial charge on any atom is 0.411 e. The average molecular weight is 1500 g/mol. The predicted molar refractivity (Wildman–Crippen MR) is 409 cm³/mol. The molecule has 2 heterocycles. The third kappa shape index (κ3) is 28.5. The van der Waals surface area contributed by atoms with E-state index < -0.39 is 91.0 Å². The summed E-state index contributed by atoms with van der Waals surface area (Å²) in [7, 11) is -8.61. The molecule has 6 rings (SSSR count). The van der Waals surface area contributed by atoms with E-state index in [1.165, 1.54) is 0 Å². The Labute approximate surface area is 620 Å². The van der Waals surface area contributed by atoms with Crippen molar-refractivity contribution in [2.45, 2.75) is 232 Å². The smallest absolute Gasteiger partial charge is 0.411 e. The number of benzene rings is 4. The number of carbonyl (C=O) groups excluding carboxylic acids is 2. The van der Waals surface area contributed by atoms with Gasteiger partial charge in [0.05, 0.1) is 39.3 Å². The summed E-state index contributed by atoms with van der Waals surface area (Å²) in [5, 5.41) is 57.0. The third-order valence-corrected chi connectivity index (χ3v) is 28.7. The number of amides is 2. The quantitative estimate of drug-likeness (QED) is 0.00898. The molecule has 0 spiro atoms. The van der Waals surface area contributed by atoms with Crippen LogP contribution < -0.4 is 25.9 Å². The number of unbranched alkanes of at least 4 members (excludes halogenated alkanes) is 2. The molecule has 23 nitrogen and oxygen atoms in total. The molecule has 0 aromatic heterocycles. The monoisotopic (exact) mass is 1500 g/mol. The van der Waals surface area contributed by atoms with Crippen LogP contribution in [0.3, 0.4) is 0 Å². The summed E-state index contributed by atoms with van der Waals surface area (Å²) in [6.07, 6.45) is 3.47. The van der Waals surface area contributed by atoms with Crippen LogP contribution in [0.4, 0.5) is 9.59 Å². The summed E-state index contributed by atoms with van der Waals surface area (Å²) in [5.74, 6) is 0. The summed E-state index contributed by atoms with van der Waals surface area (Å²) in [5.41, 5.74) is 15.0. The maximum atomic E-state index is 13.5. The molecule has 0 aliphatic carbocycles. The number of cyclic esters (lactones) is 2. The summed E-state index contributed by atoms with van der Waals surface area (Å²) in [6.45, 7) is 41.3. The van der Waals surface area contributed by atoms with Crippen molar-refractivity contribution in [2.75, 3.05) is 59.2 Å². The molecule has 100 heavy (non-hydrogen) atoms. The largest absolute Gasteiger partial charge is 0.438 e. The van der Waals surface area contributed by atoms with Gasteiger partial charge in [0.25, 0.3) is 16.6 Å². The van der Waals surface area contributed by atoms with Crippen molar-refractivity contribution >= 4 is 77.8 Å². The van der Waals surface area contributed by atoms with Gasteiger partial charge in [-0.15, -0.1) is 0 Å². The van der Waals surface area contributed by atoms with E-state index in [4.69, 9.17) is 55.0 Å². The number of carbonyl (C=O) groups is 2. The molecule has 2 aliphatic heterocycles. The van der Waals surface area contributed by atoms with Crippen LogP contribution in [0.5, 0.6) is 0 Å². The molecule has 2 amide bonds. The molecule has 7 N–H and O–H groups in total. The first-order valence-corrected chi connectivity index (χ1v) is 40.4. The van der Waals surface area contributed by atoms with Crippen molar-refractivity contribution in [2.24, 2.45) is 19.8 Å². The zero-order chi connectivity index (χ0) is 75.9. The number of hydrogen-bond donors (Lipinski definition) is 6. The van der Waals surface area contributed by atoms with Crippen LogP contribution in [0.2, 0.25) is 10.1 Å². The Balaban J connectivity index is 0. The van der Waals surface area contributed by atoms with Crippen molar-refractivity contribution in [1.29, 1.82) is 0 Å². The molecular formula is C72H122N10O13S2Si2Ti. The van der Waals surface area contributed by atoms with Gasteiger partial charge < -0.3 is 43.9 Å². The number of ether oxygens (including phenoxy) is 2. The summed E-state index contributed by atoms with van der Waals surface area (Å²) >= 11 is 0.